The summed E-state index contributed by atoms with van der Waals surface area (Å²) in [6, 6.07) is 9.02. The van der Waals surface area contributed by atoms with E-state index in [0.717, 1.165) is 5.56 Å². The van der Waals surface area contributed by atoms with Gasteiger partial charge < -0.3 is 24.7 Å². The zero-order valence-corrected chi connectivity index (χ0v) is 15.1. The Hall–Kier alpha value is 0.0300. The molecule has 0 fully saturated rings. The summed E-state index contributed by atoms with van der Waals surface area (Å²) in [4.78, 5) is 14.2. The molecular formula is C15H25F2NNaO7P. The van der Waals surface area contributed by atoms with E-state index in [4.69, 9.17) is 4.84 Å². The van der Waals surface area contributed by atoms with Gasteiger partial charge in [-0.05, 0) is 12.5 Å². The fourth-order valence-corrected chi connectivity index (χ4v) is 2.94. The molecule has 0 heterocycles. The molecule has 1 aromatic carbocycles. The van der Waals surface area contributed by atoms with Crippen LogP contribution in [0.5, 0.6) is 0 Å². The van der Waals surface area contributed by atoms with Crippen LogP contribution in [-0.2, 0) is 20.5 Å². The van der Waals surface area contributed by atoms with Crippen molar-refractivity contribution < 1.29 is 42.9 Å². The molecule has 0 saturated carbocycles. The number of hydroxylamine groups is 1. The molecule has 1 unspecified atom stereocenters. The van der Waals surface area contributed by atoms with Crippen molar-refractivity contribution in [2.24, 2.45) is 0 Å². The molecule has 8 nitrogen and oxygen atoms in total. The molecule has 1 aromatic rings. The summed E-state index contributed by atoms with van der Waals surface area (Å²) >= 11 is 0. The molecule has 27 heavy (non-hydrogen) atoms. The molecule has 12 heteroatoms. The molecule has 4 atom stereocenters. The Morgan fingerprint density at radius 1 is 1.19 bits per heavy atom. The van der Waals surface area contributed by atoms with Crippen molar-refractivity contribution in [2.45, 2.75) is 43.9 Å². The van der Waals surface area contributed by atoms with Crippen LogP contribution < -0.4 is 5.48 Å². The average Bonchev–Trinajstić information content (AvgIpc) is 2.58. The van der Waals surface area contributed by atoms with Gasteiger partial charge in [-0.3, -0.25) is 9.40 Å². The van der Waals surface area contributed by atoms with Crippen molar-refractivity contribution >= 4 is 37.2 Å². The number of benzene rings is 1. The van der Waals surface area contributed by atoms with Gasteiger partial charge >= 0.3 is 42.8 Å². The second-order valence-corrected chi connectivity index (χ2v) is 7.51. The average molecular weight is 423 g/mol. The fraction of sp³-hybridized carbons (Fsp3) is 0.600. The first-order chi connectivity index (χ1) is 12.1. The number of alkyl halides is 2. The van der Waals surface area contributed by atoms with Crippen LogP contribution in [0, 0.1) is 0 Å². The van der Waals surface area contributed by atoms with Gasteiger partial charge in [-0.25, -0.2) is 0 Å². The van der Waals surface area contributed by atoms with E-state index >= 15 is 0 Å². The normalized spacial score (nSPS) is 17.4. The molecule has 0 aliphatic carbocycles. The third-order valence-electron chi connectivity index (χ3n) is 3.44. The first-order valence-corrected chi connectivity index (χ1v) is 9.46. The van der Waals surface area contributed by atoms with Crippen LogP contribution in [0.2, 0.25) is 0 Å². The predicted octanol–water partition coefficient (Wildman–Crippen LogP) is 0.347. The van der Waals surface area contributed by atoms with Gasteiger partial charge in [-0.1, -0.05) is 30.3 Å². The van der Waals surface area contributed by atoms with Gasteiger partial charge in [0.2, 0.25) is 0 Å². The Kier molecular flexibility index (Phi) is 12.6. The molecular weight excluding hydrogens is 398 g/mol. The second kappa shape index (κ2) is 12.6. The number of rotatable bonds is 12. The van der Waals surface area contributed by atoms with Crippen LogP contribution in [0.1, 0.15) is 18.9 Å². The Balaban J connectivity index is 0.00000676. The van der Waals surface area contributed by atoms with Crippen LogP contribution in [-0.4, -0.2) is 86.9 Å². The Morgan fingerprint density at radius 2 is 1.78 bits per heavy atom. The Labute approximate surface area is 178 Å². The quantitative estimate of drug-likeness (QED) is 0.141. The first-order valence-electron chi connectivity index (χ1n) is 7.88. The number of aliphatic hydroxyl groups excluding tert-OH is 3. The van der Waals surface area contributed by atoms with Gasteiger partial charge in [0.15, 0.2) is 0 Å². The third-order valence-corrected chi connectivity index (χ3v) is 5.05. The number of nitrogens with one attached hydrogen (secondary N) is 1. The molecule has 1 rings (SSSR count). The molecule has 0 aliphatic heterocycles. The second-order valence-electron chi connectivity index (χ2n) is 5.56. The van der Waals surface area contributed by atoms with Crippen molar-refractivity contribution in [3.63, 3.8) is 0 Å². The van der Waals surface area contributed by atoms with Gasteiger partial charge in [0.05, 0.1) is 31.8 Å². The molecule has 0 bridgehead atoms. The maximum atomic E-state index is 13.7. The molecule has 5 N–H and O–H groups in total. The van der Waals surface area contributed by atoms with Crippen molar-refractivity contribution in [3.05, 3.63) is 35.9 Å². The van der Waals surface area contributed by atoms with Gasteiger partial charge in [0, 0.05) is 6.54 Å². The van der Waals surface area contributed by atoms with E-state index in [1.54, 1.807) is 24.3 Å². The summed E-state index contributed by atoms with van der Waals surface area (Å²) in [5.74, 6) is 0. The summed E-state index contributed by atoms with van der Waals surface area (Å²) in [7, 11) is -5.31. The van der Waals surface area contributed by atoms with Gasteiger partial charge in [0.25, 0.3) is 0 Å². The van der Waals surface area contributed by atoms with Gasteiger partial charge in [0.1, 0.15) is 6.10 Å². The van der Waals surface area contributed by atoms with Crippen LogP contribution in [0.3, 0.4) is 0 Å². The molecule has 0 aromatic heterocycles. The molecule has 0 amide bonds. The third kappa shape index (κ3) is 8.93. The van der Waals surface area contributed by atoms with Crippen molar-refractivity contribution in [3.8, 4) is 0 Å². The molecule has 0 aliphatic rings. The Bertz CT molecular complexity index is 585. The van der Waals surface area contributed by atoms with E-state index in [1.807, 2.05) is 6.07 Å². The van der Waals surface area contributed by atoms with E-state index in [1.165, 1.54) is 6.92 Å². The first kappa shape index (κ1) is 27.0. The minimum atomic E-state index is -5.31. The van der Waals surface area contributed by atoms with Crippen molar-refractivity contribution in [2.75, 3.05) is 13.2 Å². The standard InChI is InChI=1S/C15H24F2NO7P.Na.H/c1-2-25-26(22,23)15(16,17)8-12(19)14(21)13(20)9-18-24-10-11-6-4-3-5-7-11;;/h3-7,12-14,18-21H,2,8-10H2,1H3,(H,22,23);;/t12-,13+,14-;;/m1../s1. The zero-order chi connectivity index (χ0) is 19.8. The summed E-state index contributed by atoms with van der Waals surface area (Å²) in [6.45, 7) is 0.633. The van der Waals surface area contributed by atoms with E-state index in [2.05, 4.69) is 10.0 Å². The van der Waals surface area contributed by atoms with Crippen LogP contribution >= 0.6 is 7.60 Å². The van der Waals surface area contributed by atoms with Crippen LogP contribution in [0.15, 0.2) is 30.3 Å². The number of aliphatic hydroxyl groups is 3. The van der Waals surface area contributed by atoms with Gasteiger partial charge in [-0.15, -0.1) is 0 Å². The summed E-state index contributed by atoms with van der Waals surface area (Å²) < 4.78 is 43.0. The monoisotopic (exact) mass is 423 g/mol. The summed E-state index contributed by atoms with van der Waals surface area (Å²) in [5.41, 5.74) is -1.09. The van der Waals surface area contributed by atoms with Crippen molar-refractivity contribution in [1.29, 1.82) is 0 Å². The molecule has 0 saturated heterocycles. The van der Waals surface area contributed by atoms with E-state index in [9.17, 15) is 33.6 Å². The molecule has 0 spiro atoms. The number of hydrogen-bond donors (Lipinski definition) is 5. The topological polar surface area (TPSA) is 128 Å². The van der Waals surface area contributed by atoms with E-state index in [0.29, 0.717) is 0 Å². The minimum absolute atomic E-state index is 0. The summed E-state index contributed by atoms with van der Waals surface area (Å²) in [6.07, 6.45) is -7.35. The van der Waals surface area contributed by atoms with Crippen LogP contribution in [0.4, 0.5) is 8.78 Å². The molecule has 0 radical (unpaired) electrons. The summed E-state index contributed by atoms with van der Waals surface area (Å²) in [5, 5.41) is 29.1. The molecule has 152 valence electrons. The predicted molar refractivity (Wildman–Crippen MR) is 95.4 cm³/mol. The Morgan fingerprint density at radius 3 is 2.33 bits per heavy atom. The number of hydrogen-bond acceptors (Lipinski definition) is 7. The maximum absolute atomic E-state index is 13.7. The van der Waals surface area contributed by atoms with Gasteiger partial charge in [-0.2, -0.15) is 14.3 Å². The fourth-order valence-electron chi connectivity index (χ4n) is 1.99. The SMILES string of the molecule is CCOP(=O)(O)C(F)(F)C[C@@H](O)[C@@H](O)[C@@H](O)CNOCc1ccccc1.[NaH]. The zero-order valence-electron chi connectivity index (χ0n) is 14.2. The van der Waals surface area contributed by atoms with Crippen LogP contribution in [0.25, 0.3) is 0 Å². The van der Waals surface area contributed by atoms with Crippen molar-refractivity contribution in [1.82, 2.24) is 5.48 Å². The van der Waals surface area contributed by atoms with E-state index < -0.39 is 44.6 Å². The van der Waals surface area contributed by atoms with E-state index in [-0.39, 0.29) is 42.7 Å². The number of halogens is 2.